The highest BCUT2D eigenvalue weighted by Gasteiger charge is 2.15. The number of hydrogen-bond donors (Lipinski definition) is 2. The van der Waals surface area contributed by atoms with Gasteiger partial charge in [-0.15, -0.1) is 0 Å². The molecule has 1 aromatic heterocycles. The third-order valence-corrected chi connectivity index (χ3v) is 3.80. The van der Waals surface area contributed by atoms with Crippen LogP contribution in [-0.4, -0.2) is 4.98 Å². The van der Waals surface area contributed by atoms with Crippen LogP contribution in [0, 0.1) is 25.5 Å². The summed E-state index contributed by atoms with van der Waals surface area (Å²) in [5.41, 5.74) is 7.09. The lowest BCUT2D eigenvalue weighted by Crippen LogP contribution is -2.03. The zero-order valence-electron chi connectivity index (χ0n) is 10.4. The average molecular weight is 328 g/mol. The van der Waals surface area contributed by atoms with Crippen LogP contribution < -0.4 is 11.1 Å². The van der Waals surface area contributed by atoms with Crippen LogP contribution in [0.5, 0.6) is 0 Å². The minimum Gasteiger partial charge on any atom is -0.397 e. The lowest BCUT2D eigenvalue weighted by molar-refractivity contribution is 0.584. The fourth-order valence-corrected chi connectivity index (χ4v) is 2.00. The van der Waals surface area contributed by atoms with Crippen LogP contribution in [0.2, 0.25) is 0 Å². The maximum absolute atomic E-state index is 13.9. The maximum atomic E-state index is 13.9. The highest BCUT2D eigenvalue weighted by molar-refractivity contribution is 9.10. The van der Waals surface area contributed by atoms with E-state index in [2.05, 4.69) is 26.2 Å². The molecule has 100 valence electrons. The quantitative estimate of drug-likeness (QED) is 0.874. The van der Waals surface area contributed by atoms with E-state index in [1.54, 1.807) is 13.8 Å². The van der Waals surface area contributed by atoms with E-state index in [9.17, 15) is 8.78 Å². The van der Waals surface area contributed by atoms with Crippen molar-refractivity contribution in [2.75, 3.05) is 11.1 Å². The molecule has 2 aromatic rings. The summed E-state index contributed by atoms with van der Waals surface area (Å²) in [7, 11) is 0. The Kier molecular flexibility index (Phi) is 3.71. The van der Waals surface area contributed by atoms with Gasteiger partial charge in [0.25, 0.3) is 0 Å². The molecule has 2 rings (SSSR count). The molecule has 0 aliphatic carbocycles. The lowest BCUT2D eigenvalue weighted by Gasteiger charge is -2.13. The molecule has 0 aliphatic heterocycles. The Morgan fingerprint density at radius 1 is 1.26 bits per heavy atom. The van der Waals surface area contributed by atoms with E-state index in [1.807, 2.05) is 0 Å². The minimum atomic E-state index is -0.675. The zero-order chi connectivity index (χ0) is 14.2. The second-order valence-corrected chi connectivity index (χ2v) is 4.97. The predicted molar refractivity (Wildman–Crippen MR) is 75.5 cm³/mol. The van der Waals surface area contributed by atoms with Crippen molar-refractivity contribution in [2.45, 2.75) is 13.8 Å². The summed E-state index contributed by atoms with van der Waals surface area (Å²) in [6.07, 6.45) is 1.44. The van der Waals surface area contributed by atoms with Crippen LogP contribution in [0.15, 0.2) is 22.8 Å². The normalized spacial score (nSPS) is 10.6. The van der Waals surface area contributed by atoms with Gasteiger partial charge < -0.3 is 11.1 Å². The standard InChI is InChI=1S/C13H12BrF2N3/c1-6-3-4-8(15)12(11(6)16)19-13-10(14)7(2)9(17)5-18-13/h3-5H,17H2,1-2H3,(H,18,19). The first-order chi connectivity index (χ1) is 8.91. The molecule has 19 heavy (non-hydrogen) atoms. The molecule has 3 N–H and O–H groups in total. The Bertz CT molecular complexity index is 644. The molecule has 6 heteroatoms. The van der Waals surface area contributed by atoms with Crippen molar-refractivity contribution in [1.29, 1.82) is 0 Å². The Balaban J connectivity index is 2.48. The zero-order valence-corrected chi connectivity index (χ0v) is 12.0. The molecule has 1 aromatic carbocycles. The molecule has 0 aliphatic rings. The van der Waals surface area contributed by atoms with Crippen molar-refractivity contribution in [3.05, 3.63) is 45.6 Å². The second kappa shape index (κ2) is 5.13. The molecule has 0 amide bonds. The lowest BCUT2D eigenvalue weighted by atomic mass is 10.2. The summed E-state index contributed by atoms with van der Waals surface area (Å²) >= 11 is 3.31. The highest BCUT2D eigenvalue weighted by Crippen LogP contribution is 2.32. The Labute approximate surface area is 118 Å². The minimum absolute atomic E-state index is 0.225. The van der Waals surface area contributed by atoms with Crippen molar-refractivity contribution in [3.63, 3.8) is 0 Å². The van der Waals surface area contributed by atoms with Crippen molar-refractivity contribution in [2.24, 2.45) is 0 Å². The first-order valence-electron chi connectivity index (χ1n) is 5.54. The number of nitrogens with two attached hydrogens (primary N) is 1. The summed E-state index contributed by atoms with van der Waals surface area (Å²) in [5.74, 6) is -0.996. The maximum Gasteiger partial charge on any atom is 0.152 e. The third kappa shape index (κ3) is 2.53. The average Bonchev–Trinajstić information content (AvgIpc) is 2.39. The molecular weight excluding hydrogens is 316 g/mol. The molecule has 0 radical (unpaired) electrons. The molecule has 3 nitrogen and oxygen atoms in total. The number of nitrogens with one attached hydrogen (secondary N) is 1. The number of nitrogen functional groups attached to an aromatic ring is 1. The first-order valence-corrected chi connectivity index (χ1v) is 6.33. The van der Waals surface area contributed by atoms with Gasteiger partial charge in [-0.25, -0.2) is 13.8 Å². The van der Waals surface area contributed by atoms with Crippen LogP contribution in [0.25, 0.3) is 0 Å². The number of halogens is 3. The van der Waals surface area contributed by atoms with Gasteiger partial charge in [0.15, 0.2) is 5.82 Å². The topological polar surface area (TPSA) is 50.9 Å². The highest BCUT2D eigenvalue weighted by atomic mass is 79.9. The molecule has 0 saturated carbocycles. The van der Waals surface area contributed by atoms with Gasteiger partial charge in [-0.2, -0.15) is 0 Å². The number of nitrogens with zero attached hydrogens (tertiary/aromatic N) is 1. The third-order valence-electron chi connectivity index (χ3n) is 2.83. The SMILES string of the molecule is Cc1ccc(F)c(Nc2ncc(N)c(C)c2Br)c1F. The number of anilines is 3. The van der Waals surface area contributed by atoms with Gasteiger partial charge in [-0.1, -0.05) is 6.07 Å². The molecule has 0 saturated heterocycles. The number of hydrogen-bond acceptors (Lipinski definition) is 3. The van der Waals surface area contributed by atoms with Gasteiger partial charge in [-0.05, 0) is 47.0 Å². The Morgan fingerprint density at radius 3 is 2.63 bits per heavy atom. The number of aromatic nitrogens is 1. The molecular formula is C13H12BrF2N3. The van der Waals surface area contributed by atoms with Gasteiger partial charge in [0.05, 0.1) is 16.4 Å². The Hall–Kier alpha value is -1.69. The summed E-state index contributed by atoms with van der Waals surface area (Å²) in [6.45, 7) is 3.35. The summed E-state index contributed by atoms with van der Waals surface area (Å²) in [4.78, 5) is 4.03. The van der Waals surface area contributed by atoms with Gasteiger partial charge in [0.2, 0.25) is 0 Å². The number of rotatable bonds is 2. The summed E-state index contributed by atoms with van der Waals surface area (Å²) < 4.78 is 28.1. The van der Waals surface area contributed by atoms with Gasteiger partial charge >= 0.3 is 0 Å². The predicted octanol–water partition coefficient (Wildman–Crippen LogP) is 4.06. The van der Waals surface area contributed by atoms with Crippen LogP contribution in [-0.2, 0) is 0 Å². The number of pyridine rings is 1. The Morgan fingerprint density at radius 2 is 1.95 bits per heavy atom. The molecule has 0 fully saturated rings. The van der Waals surface area contributed by atoms with Crippen molar-refractivity contribution < 1.29 is 8.78 Å². The van der Waals surface area contributed by atoms with Gasteiger partial charge in [-0.3, -0.25) is 0 Å². The van der Waals surface area contributed by atoms with E-state index in [4.69, 9.17) is 5.73 Å². The van der Waals surface area contributed by atoms with Crippen molar-refractivity contribution >= 4 is 33.1 Å². The molecule has 0 atom stereocenters. The van der Waals surface area contributed by atoms with Gasteiger partial charge in [0.1, 0.15) is 17.3 Å². The summed E-state index contributed by atoms with van der Waals surface area (Å²) in [5, 5.41) is 2.65. The fraction of sp³-hybridized carbons (Fsp3) is 0.154. The van der Waals surface area contributed by atoms with E-state index in [0.29, 0.717) is 21.5 Å². The van der Waals surface area contributed by atoms with E-state index in [0.717, 1.165) is 5.56 Å². The van der Waals surface area contributed by atoms with Gasteiger partial charge in [0, 0.05) is 0 Å². The van der Waals surface area contributed by atoms with E-state index in [1.165, 1.54) is 18.3 Å². The fourth-order valence-electron chi connectivity index (χ4n) is 1.57. The van der Waals surface area contributed by atoms with Crippen LogP contribution in [0.1, 0.15) is 11.1 Å². The molecule has 0 bridgehead atoms. The van der Waals surface area contributed by atoms with E-state index < -0.39 is 11.6 Å². The largest absolute Gasteiger partial charge is 0.397 e. The van der Waals surface area contributed by atoms with Crippen molar-refractivity contribution in [3.8, 4) is 0 Å². The van der Waals surface area contributed by atoms with Crippen molar-refractivity contribution in [1.82, 2.24) is 4.98 Å². The molecule has 0 unspecified atom stereocenters. The van der Waals surface area contributed by atoms with Crippen LogP contribution >= 0.6 is 15.9 Å². The van der Waals surface area contributed by atoms with Crippen LogP contribution in [0.4, 0.5) is 26.0 Å². The van der Waals surface area contributed by atoms with E-state index >= 15 is 0 Å². The first kappa shape index (κ1) is 13.7. The second-order valence-electron chi connectivity index (χ2n) is 4.18. The summed E-state index contributed by atoms with van der Waals surface area (Å²) in [6, 6.07) is 2.59. The molecule has 0 spiro atoms. The molecule has 1 heterocycles. The number of aryl methyl sites for hydroxylation is 1. The van der Waals surface area contributed by atoms with Crippen LogP contribution in [0.3, 0.4) is 0 Å². The van der Waals surface area contributed by atoms with E-state index in [-0.39, 0.29) is 5.69 Å². The smallest absolute Gasteiger partial charge is 0.152 e. The number of benzene rings is 1. The monoisotopic (exact) mass is 327 g/mol.